The molecule has 0 aromatic heterocycles. The van der Waals surface area contributed by atoms with Crippen molar-refractivity contribution in [1.29, 1.82) is 0 Å². The predicted molar refractivity (Wildman–Crippen MR) is 71.4 cm³/mol. The molecule has 0 aromatic rings. The molecule has 0 spiro atoms. The van der Waals surface area contributed by atoms with Gasteiger partial charge in [0.05, 0.1) is 5.41 Å². The third kappa shape index (κ3) is 3.86. The largest absolute Gasteiger partial charge is 0.462 e. The van der Waals surface area contributed by atoms with Gasteiger partial charge in [-0.1, -0.05) is 6.92 Å². The molecule has 1 aliphatic rings. The monoisotopic (exact) mass is 378 g/mol. The van der Waals surface area contributed by atoms with E-state index in [1.165, 1.54) is 13.8 Å². The summed E-state index contributed by atoms with van der Waals surface area (Å²) in [6.07, 6.45) is -10.6. The molecule has 3 unspecified atom stereocenters. The van der Waals surface area contributed by atoms with Crippen LogP contribution in [0, 0.1) is 5.41 Å². The van der Waals surface area contributed by atoms with Gasteiger partial charge in [0.2, 0.25) is 6.10 Å². The second-order valence-electron chi connectivity index (χ2n) is 6.29. The lowest BCUT2D eigenvalue weighted by Crippen LogP contribution is -2.59. The predicted octanol–water partition coefficient (Wildman–Crippen LogP) is 2.18. The molecule has 0 aliphatic carbocycles. The fourth-order valence-corrected chi connectivity index (χ4v) is 1.99. The summed E-state index contributed by atoms with van der Waals surface area (Å²) in [6.45, 7) is 4.24. The second-order valence-corrected chi connectivity index (χ2v) is 6.29. The quantitative estimate of drug-likeness (QED) is 0.583. The third-order valence-corrected chi connectivity index (χ3v) is 3.96. The molecule has 146 valence electrons. The fraction of sp³-hybridized carbons (Fsp3) is 0.857. The molecular formula is C14H19F5O6. The van der Waals surface area contributed by atoms with E-state index in [2.05, 4.69) is 9.47 Å². The van der Waals surface area contributed by atoms with Crippen molar-refractivity contribution in [3.8, 4) is 0 Å². The van der Waals surface area contributed by atoms with Gasteiger partial charge >= 0.3 is 29.8 Å². The van der Waals surface area contributed by atoms with E-state index < -0.39 is 54.1 Å². The molecule has 0 aromatic carbocycles. The summed E-state index contributed by atoms with van der Waals surface area (Å²) in [5.41, 5.74) is -1.02. The molecule has 1 saturated heterocycles. The average Bonchev–Trinajstić information content (AvgIpc) is 2.65. The van der Waals surface area contributed by atoms with Crippen molar-refractivity contribution < 1.29 is 50.9 Å². The highest BCUT2D eigenvalue weighted by atomic mass is 19.4. The van der Waals surface area contributed by atoms with Gasteiger partial charge in [-0.3, -0.25) is 9.59 Å². The van der Waals surface area contributed by atoms with Crippen molar-refractivity contribution >= 4 is 11.9 Å². The Labute approximate surface area is 140 Å². The molecule has 1 fully saturated rings. The lowest BCUT2D eigenvalue weighted by Gasteiger charge is -2.30. The Morgan fingerprint density at radius 2 is 1.76 bits per heavy atom. The summed E-state index contributed by atoms with van der Waals surface area (Å²) in [6, 6.07) is 0. The first-order chi connectivity index (χ1) is 11.1. The van der Waals surface area contributed by atoms with Crippen LogP contribution in [0.25, 0.3) is 0 Å². The molecule has 25 heavy (non-hydrogen) atoms. The van der Waals surface area contributed by atoms with Gasteiger partial charge in [0.1, 0.15) is 12.7 Å². The summed E-state index contributed by atoms with van der Waals surface area (Å²) in [5.74, 6) is -12.1. The molecular weight excluding hydrogens is 359 g/mol. The zero-order chi connectivity index (χ0) is 19.8. The number of carbonyl (C=O) groups excluding carboxylic acids is 2. The molecule has 1 heterocycles. The van der Waals surface area contributed by atoms with Crippen molar-refractivity contribution in [2.75, 3.05) is 6.61 Å². The number of aliphatic hydroxyl groups is 1. The molecule has 1 rings (SSSR count). The van der Waals surface area contributed by atoms with Crippen molar-refractivity contribution in [2.24, 2.45) is 5.41 Å². The van der Waals surface area contributed by atoms with Gasteiger partial charge in [-0.05, 0) is 20.3 Å². The third-order valence-electron chi connectivity index (χ3n) is 3.96. The Morgan fingerprint density at radius 3 is 2.16 bits per heavy atom. The average molecular weight is 378 g/mol. The van der Waals surface area contributed by atoms with Crippen LogP contribution in [0.1, 0.15) is 34.1 Å². The first-order valence-electron chi connectivity index (χ1n) is 7.29. The van der Waals surface area contributed by atoms with E-state index in [1.807, 2.05) is 0 Å². The van der Waals surface area contributed by atoms with Crippen LogP contribution < -0.4 is 0 Å². The molecule has 1 N–H and O–H groups in total. The maximum atomic E-state index is 14.1. The Bertz CT molecular complexity index is 532. The number of alkyl halides is 5. The van der Waals surface area contributed by atoms with E-state index in [9.17, 15) is 36.6 Å². The lowest BCUT2D eigenvalue weighted by atomic mass is 9.91. The summed E-state index contributed by atoms with van der Waals surface area (Å²) < 4.78 is 79.7. The number of hydrogen-bond acceptors (Lipinski definition) is 6. The first-order valence-corrected chi connectivity index (χ1v) is 7.29. The summed E-state index contributed by atoms with van der Waals surface area (Å²) in [5, 5.41) is 9.35. The van der Waals surface area contributed by atoms with Crippen molar-refractivity contribution in [3.63, 3.8) is 0 Å². The number of esters is 2. The van der Waals surface area contributed by atoms with E-state index in [0.29, 0.717) is 13.3 Å². The fourth-order valence-electron chi connectivity index (χ4n) is 1.99. The molecule has 0 bridgehead atoms. The number of ether oxygens (including phenoxy) is 3. The van der Waals surface area contributed by atoms with E-state index in [1.54, 1.807) is 6.92 Å². The van der Waals surface area contributed by atoms with Crippen molar-refractivity contribution in [1.82, 2.24) is 0 Å². The minimum Gasteiger partial charge on any atom is -0.462 e. The SMILES string of the molecule is CCC(C)(C)C(=O)OCC1OC(O)(C(F)(F)F)C(F)(F)C1OC(C)=O. The standard InChI is InChI=1S/C14H19F5O6/c1-5-11(3,4)10(21)23-6-8-9(24-7(2)20)12(15,16)13(22,25-8)14(17,18)19/h8-9,22H,5-6H2,1-4H3. The maximum Gasteiger partial charge on any atom is 0.449 e. The van der Waals surface area contributed by atoms with Crippen LogP contribution in [-0.4, -0.2) is 53.7 Å². The van der Waals surface area contributed by atoms with Gasteiger partial charge < -0.3 is 19.3 Å². The topological polar surface area (TPSA) is 82.1 Å². The van der Waals surface area contributed by atoms with Gasteiger partial charge in [-0.25, -0.2) is 0 Å². The lowest BCUT2D eigenvalue weighted by molar-refractivity contribution is -0.409. The first kappa shape index (κ1) is 21.6. The van der Waals surface area contributed by atoms with E-state index in [-0.39, 0.29) is 0 Å². The van der Waals surface area contributed by atoms with E-state index in [4.69, 9.17) is 4.74 Å². The van der Waals surface area contributed by atoms with Gasteiger partial charge in [0, 0.05) is 6.92 Å². The van der Waals surface area contributed by atoms with Crippen LogP contribution in [0.3, 0.4) is 0 Å². The van der Waals surface area contributed by atoms with Gasteiger partial charge in [-0.15, -0.1) is 0 Å². The molecule has 0 amide bonds. The van der Waals surface area contributed by atoms with Crippen LogP contribution in [0.15, 0.2) is 0 Å². The summed E-state index contributed by atoms with van der Waals surface area (Å²) in [4.78, 5) is 22.8. The van der Waals surface area contributed by atoms with Crippen LogP contribution in [0.5, 0.6) is 0 Å². The Balaban J connectivity index is 3.08. The molecule has 11 heteroatoms. The zero-order valence-corrected chi connectivity index (χ0v) is 13.9. The van der Waals surface area contributed by atoms with Crippen LogP contribution >= 0.6 is 0 Å². The highest BCUT2D eigenvalue weighted by Crippen LogP contribution is 2.52. The molecule has 1 aliphatic heterocycles. The summed E-state index contributed by atoms with van der Waals surface area (Å²) in [7, 11) is 0. The maximum absolute atomic E-state index is 14.1. The number of hydrogen-bond donors (Lipinski definition) is 1. The smallest absolute Gasteiger partial charge is 0.449 e. The molecule has 3 atom stereocenters. The number of halogens is 5. The van der Waals surface area contributed by atoms with E-state index in [0.717, 1.165) is 0 Å². The van der Waals surface area contributed by atoms with Crippen LogP contribution in [0.2, 0.25) is 0 Å². The van der Waals surface area contributed by atoms with Gasteiger partial charge in [-0.2, -0.15) is 22.0 Å². The number of carbonyl (C=O) groups is 2. The normalized spacial score (nSPS) is 29.4. The van der Waals surface area contributed by atoms with Crippen LogP contribution in [-0.2, 0) is 23.8 Å². The minimum absolute atomic E-state index is 0.313. The van der Waals surface area contributed by atoms with Crippen molar-refractivity contribution in [3.05, 3.63) is 0 Å². The highest BCUT2D eigenvalue weighted by Gasteiger charge is 2.81. The Morgan fingerprint density at radius 1 is 1.24 bits per heavy atom. The molecule has 6 nitrogen and oxygen atoms in total. The Hall–Kier alpha value is -1.49. The second kappa shape index (κ2) is 6.67. The van der Waals surface area contributed by atoms with Crippen molar-refractivity contribution in [2.45, 2.75) is 64.2 Å². The summed E-state index contributed by atoms with van der Waals surface area (Å²) >= 11 is 0. The van der Waals surface area contributed by atoms with E-state index >= 15 is 0 Å². The molecule has 0 saturated carbocycles. The highest BCUT2D eigenvalue weighted by molar-refractivity contribution is 5.75. The molecule has 0 radical (unpaired) electrons. The number of rotatable bonds is 5. The minimum atomic E-state index is -5.88. The van der Waals surface area contributed by atoms with Gasteiger partial charge in [0.15, 0.2) is 0 Å². The zero-order valence-electron chi connectivity index (χ0n) is 13.9. The van der Waals surface area contributed by atoms with Gasteiger partial charge in [0.25, 0.3) is 0 Å². The Kier molecular flexibility index (Phi) is 5.75. The van der Waals surface area contributed by atoms with Crippen LogP contribution in [0.4, 0.5) is 22.0 Å².